The van der Waals surface area contributed by atoms with E-state index < -0.39 is 0 Å². The van der Waals surface area contributed by atoms with Crippen LogP contribution in [0.4, 0.5) is 0 Å². The van der Waals surface area contributed by atoms with E-state index >= 15 is 0 Å². The van der Waals surface area contributed by atoms with Crippen LogP contribution in [0, 0.1) is 0 Å². The van der Waals surface area contributed by atoms with E-state index in [9.17, 15) is 4.79 Å². The zero-order valence-electron chi connectivity index (χ0n) is 11.8. The van der Waals surface area contributed by atoms with Gasteiger partial charge in [0.25, 0.3) is 5.91 Å². The molecule has 0 aliphatic heterocycles. The highest BCUT2D eigenvalue weighted by Crippen LogP contribution is 2.14. The minimum Gasteiger partial charge on any atom is -0.491 e. The van der Waals surface area contributed by atoms with Gasteiger partial charge in [-0.3, -0.25) is 4.79 Å². The minimum absolute atomic E-state index is 0.0613. The fraction of sp³-hybridized carbons (Fsp3) is 0.533. The van der Waals surface area contributed by atoms with Crippen molar-refractivity contribution in [1.82, 2.24) is 5.32 Å². The van der Waals surface area contributed by atoms with Crippen LogP contribution in [0.2, 0.25) is 0 Å². The van der Waals surface area contributed by atoms with Crippen LogP contribution in [0.5, 0.6) is 5.75 Å². The summed E-state index contributed by atoms with van der Waals surface area (Å²) in [7, 11) is 0. The molecule has 19 heavy (non-hydrogen) atoms. The van der Waals surface area contributed by atoms with Crippen LogP contribution in [0.25, 0.3) is 0 Å². The Morgan fingerprint density at radius 1 is 1.26 bits per heavy atom. The number of aliphatic hydroxyl groups excluding tert-OH is 1. The molecule has 4 nitrogen and oxygen atoms in total. The summed E-state index contributed by atoms with van der Waals surface area (Å²) in [5.74, 6) is 0.668. The number of carbonyl (C=O) groups excluding carboxylic acids is 1. The van der Waals surface area contributed by atoms with E-state index in [1.807, 2.05) is 20.8 Å². The van der Waals surface area contributed by atoms with Gasteiger partial charge in [-0.2, -0.15) is 0 Å². The van der Waals surface area contributed by atoms with Crippen LogP contribution in [0.3, 0.4) is 0 Å². The number of hydrogen-bond donors (Lipinski definition) is 2. The first-order valence-corrected chi connectivity index (χ1v) is 6.71. The third-order valence-corrected chi connectivity index (χ3v) is 2.66. The van der Waals surface area contributed by atoms with Gasteiger partial charge in [0, 0.05) is 18.2 Å². The number of hydrogen-bond acceptors (Lipinski definition) is 3. The quantitative estimate of drug-likeness (QED) is 0.795. The van der Waals surface area contributed by atoms with Crippen molar-refractivity contribution in [2.45, 2.75) is 45.8 Å². The normalized spacial score (nSPS) is 12.3. The fourth-order valence-electron chi connectivity index (χ4n) is 1.73. The van der Waals surface area contributed by atoms with E-state index in [1.165, 1.54) is 0 Å². The second kappa shape index (κ2) is 7.79. The van der Waals surface area contributed by atoms with Crippen LogP contribution in [0.15, 0.2) is 24.3 Å². The average molecular weight is 265 g/mol. The third kappa shape index (κ3) is 5.75. The van der Waals surface area contributed by atoms with Crippen LogP contribution in [0.1, 0.15) is 44.0 Å². The highest BCUT2D eigenvalue weighted by molar-refractivity contribution is 5.94. The first kappa shape index (κ1) is 15.5. The molecule has 0 radical (unpaired) electrons. The predicted octanol–water partition coefficient (Wildman–Crippen LogP) is 2.36. The molecule has 1 rings (SSSR count). The summed E-state index contributed by atoms with van der Waals surface area (Å²) in [5.41, 5.74) is 0.618. The summed E-state index contributed by atoms with van der Waals surface area (Å²) >= 11 is 0. The SMILES string of the molecule is CC(CCCO)NC(=O)c1ccc(OC(C)C)cc1. The van der Waals surface area contributed by atoms with Crippen molar-refractivity contribution in [2.24, 2.45) is 0 Å². The Kier molecular flexibility index (Phi) is 6.36. The Morgan fingerprint density at radius 3 is 2.42 bits per heavy atom. The predicted molar refractivity (Wildman–Crippen MR) is 75.5 cm³/mol. The van der Waals surface area contributed by atoms with Crippen LogP contribution in [-0.2, 0) is 0 Å². The van der Waals surface area contributed by atoms with E-state index in [-0.39, 0.29) is 24.7 Å². The molecule has 1 amide bonds. The smallest absolute Gasteiger partial charge is 0.251 e. The molecular formula is C15H23NO3. The van der Waals surface area contributed by atoms with Crippen molar-refractivity contribution in [2.75, 3.05) is 6.61 Å². The second-order valence-electron chi connectivity index (χ2n) is 4.93. The number of carbonyl (C=O) groups is 1. The van der Waals surface area contributed by atoms with Crippen molar-refractivity contribution in [1.29, 1.82) is 0 Å². The van der Waals surface area contributed by atoms with Crippen LogP contribution < -0.4 is 10.1 Å². The number of amides is 1. The van der Waals surface area contributed by atoms with Crippen molar-refractivity contribution < 1.29 is 14.6 Å². The van der Waals surface area contributed by atoms with Gasteiger partial charge in [-0.1, -0.05) is 0 Å². The standard InChI is InChI=1S/C15H23NO3/c1-11(2)19-14-8-6-13(7-9-14)15(18)16-12(3)5-4-10-17/h6-9,11-12,17H,4-5,10H2,1-3H3,(H,16,18). The summed E-state index contributed by atoms with van der Waals surface area (Å²) in [6, 6.07) is 7.17. The molecule has 0 aliphatic rings. The average Bonchev–Trinajstić information content (AvgIpc) is 2.36. The number of aliphatic hydroxyl groups is 1. The van der Waals surface area contributed by atoms with Crippen molar-refractivity contribution in [3.05, 3.63) is 29.8 Å². The molecule has 1 atom stereocenters. The van der Waals surface area contributed by atoms with E-state index in [1.54, 1.807) is 24.3 Å². The van der Waals surface area contributed by atoms with Gasteiger partial charge in [-0.25, -0.2) is 0 Å². The maximum atomic E-state index is 11.9. The minimum atomic E-state index is -0.0958. The summed E-state index contributed by atoms with van der Waals surface area (Å²) in [6.07, 6.45) is 1.59. The molecule has 1 aromatic carbocycles. The van der Waals surface area contributed by atoms with Gasteiger partial charge in [0.05, 0.1) is 6.10 Å². The molecule has 0 saturated heterocycles. The van der Waals surface area contributed by atoms with Gasteiger partial charge in [0.1, 0.15) is 5.75 Å². The van der Waals surface area contributed by atoms with Crippen LogP contribution in [-0.4, -0.2) is 29.8 Å². The van der Waals surface area contributed by atoms with Crippen molar-refractivity contribution in [3.63, 3.8) is 0 Å². The molecule has 1 unspecified atom stereocenters. The first-order valence-electron chi connectivity index (χ1n) is 6.71. The molecule has 0 spiro atoms. The fourth-order valence-corrected chi connectivity index (χ4v) is 1.73. The topological polar surface area (TPSA) is 58.6 Å². The zero-order chi connectivity index (χ0) is 14.3. The number of rotatable bonds is 7. The Morgan fingerprint density at radius 2 is 1.89 bits per heavy atom. The van der Waals surface area contributed by atoms with E-state index in [0.717, 1.165) is 12.2 Å². The molecule has 1 aromatic rings. The number of ether oxygens (including phenoxy) is 1. The maximum Gasteiger partial charge on any atom is 0.251 e. The second-order valence-corrected chi connectivity index (χ2v) is 4.93. The Balaban J connectivity index is 2.53. The highest BCUT2D eigenvalue weighted by Gasteiger charge is 2.09. The Bertz CT molecular complexity index is 387. The van der Waals surface area contributed by atoms with E-state index in [4.69, 9.17) is 9.84 Å². The molecule has 0 fully saturated rings. The summed E-state index contributed by atoms with van der Waals surface area (Å²) in [4.78, 5) is 11.9. The molecule has 2 N–H and O–H groups in total. The van der Waals surface area contributed by atoms with E-state index in [2.05, 4.69) is 5.32 Å². The number of benzene rings is 1. The molecule has 0 aliphatic carbocycles. The molecule has 0 aromatic heterocycles. The molecule has 0 saturated carbocycles. The summed E-state index contributed by atoms with van der Waals surface area (Å²) in [5, 5.41) is 11.6. The molecule has 4 heteroatoms. The van der Waals surface area contributed by atoms with Gasteiger partial charge in [-0.15, -0.1) is 0 Å². The lowest BCUT2D eigenvalue weighted by Crippen LogP contribution is -2.32. The molecule has 0 heterocycles. The van der Waals surface area contributed by atoms with Gasteiger partial charge in [-0.05, 0) is 57.9 Å². The lowest BCUT2D eigenvalue weighted by atomic mass is 10.1. The first-order chi connectivity index (χ1) is 9.02. The molecular weight excluding hydrogens is 242 g/mol. The van der Waals surface area contributed by atoms with Gasteiger partial charge in [0.15, 0.2) is 0 Å². The number of nitrogens with one attached hydrogen (secondary N) is 1. The monoisotopic (exact) mass is 265 g/mol. The molecule has 106 valence electrons. The summed E-state index contributed by atoms with van der Waals surface area (Å²) in [6.45, 7) is 6.01. The van der Waals surface area contributed by atoms with Gasteiger partial charge >= 0.3 is 0 Å². The summed E-state index contributed by atoms with van der Waals surface area (Å²) < 4.78 is 5.52. The Labute approximate surface area is 114 Å². The maximum absolute atomic E-state index is 11.9. The third-order valence-electron chi connectivity index (χ3n) is 2.66. The van der Waals surface area contributed by atoms with Crippen LogP contribution >= 0.6 is 0 Å². The molecule has 0 bridgehead atoms. The van der Waals surface area contributed by atoms with Gasteiger partial charge in [0.2, 0.25) is 0 Å². The lowest BCUT2D eigenvalue weighted by molar-refractivity contribution is 0.0936. The lowest BCUT2D eigenvalue weighted by Gasteiger charge is -2.14. The zero-order valence-corrected chi connectivity index (χ0v) is 11.8. The van der Waals surface area contributed by atoms with E-state index in [0.29, 0.717) is 12.0 Å². The van der Waals surface area contributed by atoms with Crippen molar-refractivity contribution in [3.8, 4) is 5.75 Å². The van der Waals surface area contributed by atoms with Crippen molar-refractivity contribution >= 4 is 5.91 Å². The van der Waals surface area contributed by atoms with Gasteiger partial charge < -0.3 is 15.2 Å². The highest BCUT2D eigenvalue weighted by atomic mass is 16.5. The largest absolute Gasteiger partial charge is 0.491 e. The Hall–Kier alpha value is -1.55.